The van der Waals surface area contributed by atoms with Gasteiger partial charge in [-0.1, -0.05) is 19.3 Å². The molecule has 0 radical (unpaired) electrons. The van der Waals surface area contributed by atoms with Gasteiger partial charge in [0.15, 0.2) is 0 Å². The summed E-state index contributed by atoms with van der Waals surface area (Å²) in [6.45, 7) is 0. The summed E-state index contributed by atoms with van der Waals surface area (Å²) in [5.41, 5.74) is 1.23. The number of aromatic carboxylic acids is 1. The van der Waals surface area contributed by atoms with E-state index in [-0.39, 0.29) is 11.1 Å². The highest BCUT2D eigenvalue weighted by Crippen LogP contribution is 2.33. The number of carboxylic acids is 1. The number of esters is 1. The Morgan fingerprint density at radius 1 is 1.11 bits per heavy atom. The quantitative estimate of drug-likeness (QED) is 0.779. The van der Waals surface area contributed by atoms with E-state index in [2.05, 4.69) is 4.74 Å². The van der Waals surface area contributed by atoms with E-state index in [0.29, 0.717) is 5.92 Å². The minimum Gasteiger partial charge on any atom is -0.545 e. The first-order chi connectivity index (χ1) is 9.11. The van der Waals surface area contributed by atoms with Crippen LogP contribution in [-0.2, 0) is 4.74 Å². The molecule has 1 aliphatic carbocycles. The molecule has 4 heteroatoms. The summed E-state index contributed by atoms with van der Waals surface area (Å²) < 4.78 is 4.66. The third kappa shape index (κ3) is 3.13. The first-order valence-corrected chi connectivity index (χ1v) is 6.56. The number of hydrogen-bond donors (Lipinski definition) is 0. The van der Waals surface area contributed by atoms with Crippen molar-refractivity contribution in [3.63, 3.8) is 0 Å². The number of carbonyl (C=O) groups excluding carboxylic acids is 2. The van der Waals surface area contributed by atoms with E-state index >= 15 is 0 Å². The summed E-state index contributed by atoms with van der Waals surface area (Å²) in [4.78, 5) is 22.6. The van der Waals surface area contributed by atoms with Crippen LogP contribution in [0.1, 0.15) is 64.3 Å². The van der Waals surface area contributed by atoms with E-state index in [9.17, 15) is 14.7 Å². The van der Waals surface area contributed by atoms with Gasteiger partial charge in [0.05, 0.1) is 18.6 Å². The SMILES string of the molecule is COC(=O)c1cc(C(=O)[O-])cc(C2CCCCC2)c1. The van der Waals surface area contributed by atoms with Crippen LogP contribution in [0.2, 0.25) is 0 Å². The lowest BCUT2D eigenvalue weighted by Crippen LogP contribution is -2.23. The summed E-state index contributed by atoms with van der Waals surface area (Å²) in [5, 5.41) is 11.0. The molecule has 0 aliphatic heterocycles. The van der Waals surface area contributed by atoms with Crippen molar-refractivity contribution < 1.29 is 19.4 Å². The average molecular weight is 261 g/mol. The van der Waals surface area contributed by atoms with Gasteiger partial charge in [0.25, 0.3) is 0 Å². The maximum Gasteiger partial charge on any atom is 0.337 e. The van der Waals surface area contributed by atoms with E-state index < -0.39 is 11.9 Å². The Bertz CT molecular complexity index is 487. The Labute approximate surface area is 112 Å². The first kappa shape index (κ1) is 13.6. The van der Waals surface area contributed by atoms with Crippen molar-refractivity contribution in [1.29, 1.82) is 0 Å². The minimum atomic E-state index is -1.26. The lowest BCUT2D eigenvalue weighted by Gasteiger charge is -2.23. The third-order valence-corrected chi connectivity index (χ3v) is 3.69. The molecule has 0 saturated heterocycles. The fraction of sp³-hybridized carbons (Fsp3) is 0.467. The van der Waals surface area contributed by atoms with Crippen LogP contribution in [0.25, 0.3) is 0 Å². The predicted octanol–water partition coefficient (Wildman–Crippen LogP) is 1.88. The molecule has 1 fully saturated rings. The number of methoxy groups -OCH3 is 1. The van der Waals surface area contributed by atoms with Gasteiger partial charge in [-0.25, -0.2) is 4.79 Å². The summed E-state index contributed by atoms with van der Waals surface area (Å²) in [7, 11) is 1.29. The normalized spacial score (nSPS) is 16.1. The highest BCUT2D eigenvalue weighted by molar-refractivity contribution is 5.94. The molecule has 1 aromatic carbocycles. The molecule has 0 amide bonds. The van der Waals surface area contributed by atoms with E-state index in [4.69, 9.17) is 0 Å². The van der Waals surface area contributed by atoms with Gasteiger partial charge < -0.3 is 14.6 Å². The Kier molecular flexibility index (Phi) is 4.20. The molecule has 1 aromatic rings. The van der Waals surface area contributed by atoms with Gasteiger partial charge in [0, 0.05) is 0 Å². The van der Waals surface area contributed by atoms with Gasteiger partial charge in [-0.2, -0.15) is 0 Å². The lowest BCUT2D eigenvalue weighted by molar-refractivity contribution is -0.255. The average Bonchev–Trinajstić information content (AvgIpc) is 2.46. The summed E-state index contributed by atoms with van der Waals surface area (Å²) in [5.74, 6) is -1.44. The summed E-state index contributed by atoms with van der Waals surface area (Å²) in [6, 6.07) is 4.68. The van der Waals surface area contributed by atoms with Crippen LogP contribution in [0.5, 0.6) is 0 Å². The molecule has 0 N–H and O–H groups in total. The van der Waals surface area contributed by atoms with Crippen LogP contribution in [0.3, 0.4) is 0 Å². The molecule has 2 rings (SSSR count). The van der Waals surface area contributed by atoms with Crippen molar-refractivity contribution in [2.45, 2.75) is 38.0 Å². The molecule has 0 spiro atoms. The molecule has 0 atom stereocenters. The molecule has 1 aliphatic rings. The maximum absolute atomic E-state index is 11.6. The molecular formula is C15H17O4-. The Morgan fingerprint density at radius 2 is 1.74 bits per heavy atom. The van der Waals surface area contributed by atoms with Crippen molar-refractivity contribution in [3.05, 3.63) is 34.9 Å². The Hall–Kier alpha value is -1.84. The van der Waals surface area contributed by atoms with E-state index in [1.807, 2.05) is 0 Å². The van der Waals surface area contributed by atoms with Crippen LogP contribution in [0, 0.1) is 0 Å². The van der Waals surface area contributed by atoms with E-state index in [1.54, 1.807) is 12.1 Å². The first-order valence-electron chi connectivity index (χ1n) is 6.56. The number of benzene rings is 1. The van der Waals surface area contributed by atoms with Crippen molar-refractivity contribution in [2.75, 3.05) is 7.11 Å². The van der Waals surface area contributed by atoms with Gasteiger partial charge >= 0.3 is 5.97 Å². The molecule has 0 aromatic heterocycles. The van der Waals surface area contributed by atoms with Crippen LogP contribution in [0.4, 0.5) is 0 Å². The fourth-order valence-corrected chi connectivity index (χ4v) is 2.68. The van der Waals surface area contributed by atoms with Gasteiger partial charge in [0.2, 0.25) is 0 Å². The standard InChI is InChI=1S/C15H18O4/c1-19-15(18)13-8-11(7-12(9-13)14(16)17)10-5-3-2-4-6-10/h7-10H,2-6H2,1H3,(H,16,17)/p-1. The zero-order valence-electron chi connectivity index (χ0n) is 11.0. The largest absolute Gasteiger partial charge is 0.545 e. The highest BCUT2D eigenvalue weighted by Gasteiger charge is 2.18. The van der Waals surface area contributed by atoms with E-state index in [0.717, 1.165) is 31.2 Å². The van der Waals surface area contributed by atoms with Gasteiger partial charge in [-0.15, -0.1) is 0 Å². The van der Waals surface area contributed by atoms with Crippen LogP contribution >= 0.6 is 0 Å². The number of carboxylic acid groups (broad SMARTS) is 1. The Morgan fingerprint density at radius 3 is 2.32 bits per heavy atom. The lowest BCUT2D eigenvalue weighted by atomic mass is 9.83. The summed E-state index contributed by atoms with van der Waals surface area (Å²) in [6.07, 6.45) is 5.59. The van der Waals surface area contributed by atoms with Gasteiger partial charge in [-0.3, -0.25) is 0 Å². The summed E-state index contributed by atoms with van der Waals surface area (Å²) >= 11 is 0. The van der Waals surface area contributed by atoms with Crippen molar-refractivity contribution in [3.8, 4) is 0 Å². The monoisotopic (exact) mass is 261 g/mol. The molecule has 4 nitrogen and oxygen atoms in total. The molecule has 102 valence electrons. The van der Waals surface area contributed by atoms with Crippen molar-refractivity contribution in [2.24, 2.45) is 0 Å². The topological polar surface area (TPSA) is 66.4 Å². The number of rotatable bonds is 3. The minimum absolute atomic E-state index is 0.0449. The van der Waals surface area contributed by atoms with Crippen LogP contribution in [0.15, 0.2) is 18.2 Å². The molecule has 0 heterocycles. The predicted molar refractivity (Wildman–Crippen MR) is 67.9 cm³/mol. The maximum atomic E-state index is 11.6. The molecule has 1 saturated carbocycles. The second-order valence-electron chi connectivity index (χ2n) is 4.96. The van der Waals surface area contributed by atoms with Gasteiger partial charge in [-0.05, 0) is 48.1 Å². The van der Waals surface area contributed by atoms with Gasteiger partial charge in [0.1, 0.15) is 0 Å². The second kappa shape index (κ2) is 5.87. The fourth-order valence-electron chi connectivity index (χ4n) is 2.68. The molecule has 19 heavy (non-hydrogen) atoms. The molecule has 0 bridgehead atoms. The molecular weight excluding hydrogens is 244 g/mol. The number of ether oxygens (including phenoxy) is 1. The smallest absolute Gasteiger partial charge is 0.337 e. The second-order valence-corrected chi connectivity index (χ2v) is 4.96. The van der Waals surface area contributed by atoms with Crippen molar-refractivity contribution >= 4 is 11.9 Å². The van der Waals surface area contributed by atoms with E-state index in [1.165, 1.54) is 19.6 Å². The zero-order chi connectivity index (χ0) is 13.8. The number of hydrogen-bond acceptors (Lipinski definition) is 4. The zero-order valence-corrected chi connectivity index (χ0v) is 11.0. The third-order valence-electron chi connectivity index (χ3n) is 3.69. The van der Waals surface area contributed by atoms with Crippen LogP contribution in [-0.4, -0.2) is 19.0 Å². The Balaban J connectivity index is 2.38. The molecule has 0 unspecified atom stereocenters. The number of carbonyl (C=O) groups is 2. The highest BCUT2D eigenvalue weighted by atomic mass is 16.5. The van der Waals surface area contributed by atoms with Crippen LogP contribution < -0.4 is 5.11 Å². The van der Waals surface area contributed by atoms with Crippen molar-refractivity contribution in [1.82, 2.24) is 0 Å².